The summed E-state index contributed by atoms with van der Waals surface area (Å²) < 4.78 is 7.98. The van der Waals surface area contributed by atoms with Crippen molar-refractivity contribution in [2.45, 2.75) is 35.7 Å². The van der Waals surface area contributed by atoms with E-state index in [1.54, 1.807) is 6.33 Å². The molecule has 0 bridgehead atoms. The lowest BCUT2D eigenvalue weighted by atomic mass is 10.0. The van der Waals surface area contributed by atoms with Crippen molar-refractivity contribution in [1.29, 1.82) is 0 Å². The number of nitrogens with zero attached hydrogens (tertiary/aromatic N) is 6. The molecule has 2 fully saturated rings. The number of anilines is 1. The van der Waals surface area contributed by atoms with Crippen molar-refractivity contribution in [2.75, 3.05) is 44.2 Å². The summed E-state index contributed by atoms with van der Waals surface area (Å²) in [5.74, 6) is 1.03. The van der Waals surface area contributed by atoms with E-state index in [9.17, 15) is 0 Å². The maximum atomic E-state index is 6.08. The third-order valence-corrected chi connectivity index (χ3v) is 7.28. The van der Waals surface area contributed by atoms with Crippen LogP contribution in [-0.2, 0) is 13.6 Å². The van der Waals surface area contributed by atoms with Crippen molar-refractivity contribution in [1.82, 2.24) is 24.6 Å². The highest BCUT2D eigenvalue weighted by Crippen LogP contribution is 2.28. The highest BCUT2D eigenvalue weighted by molar-refractivity contribution is 7.99. The molecule has 1 unspecified atom stereocenters. The lowest BCUT2D eigenvalue weighted by Crippen LogP contribution is -2.55. The number of rotatable bonds is 6. The summed E-state index contributed by atoms with van der Waals surface area (Å²) in [4.78, 5) is 7.76. The van der Waals surface area contributed by atoms with Crippen LogP contribution in [-0.4, -0.2) is 69.9 Å². The molecular weight excluding hydrogens is 408 g/mol. The minimum Gasteiger partial charge on any atom is -0.453 e. The molecule has 7 nitrogen and oxygen atoms in total. The van der Waals surface area contributed by atoms with Crippen LogP contribution in [0.3, 0.4) is 0 Å². The molecule has 2 saturated heterocycles. The van der Waals surface area contributed by atoms with Crippen molar-refractivity contribution >= 4 is 17.4 Å². The molecule has 4 heterocycles. The van der Waals surface area contributed by atoms with E-state index in [1.165, 1.54) is 30.3 Å². The Kier molecular flexibility index (Phi) is 6.29. The van der Waals surface area contributed by atoms with Gasteiger partial charge < -0.3 is 13.9 Å². The number of aromatic nitrogens is 3. The van der Waals surface area contributed by atoms with Crippen LogP contribution in [0.15, 0.2) is 63.5 Å². The molecule has 2 aliphatic heterocycles. The third kappa shape index (κ3) is 4.97. The second-order valence-electron chi connectivity index (χ2n) is 8.44. The average molecular weight is 439 g/mol. The van der Waals surface area contributed by atoms with Gasteiger partial charge in [0.25, 0.3) is 0 Å². The predicted molar refractivity (Wildman–Crippen MR) is 122 cm³/mol. The van der Waals surface area contributed by atoms with E-state index in [0.29, 0.717) is 6.04 Å². The van der Waals surface area contributed by atoms with Crippen molar-refractivity contribution in [3.8, 4) is 0 Å². The zero-order valence-corrected chi connectivity index (χ0v) is 18.9. The van der Waals surface area contributed by atoms with Crippen LogP contribution in [0.2, 0.25) is 0 Å². The first kappa shape index (κ1) is 20.6. The number of hydrogen-bond acceptors (Lipinski definition) is 7. The van der Waals surface area contributed by atoms with Crippen LogP contribution in [0.5, 0.6) is 0 Å². The summed E-state index contributed by atoms with van der Waals surface area (Å²) in [6.45, 7) is 7.66. The molecule has 5 rings (SSSR count). The molecular formula is C23H30N6OS. The van der Waals surface area contributed by atoms with Gasteiger partial charge in [-0.2, -0.15) is 0 Å². The summed E-state index contributed by atoms with van der Waals surface area (Å²) >= 11 is 1.52. The van der Waals surface area contributed by atoms with E-state index >= 15 is 0 Å². The number of piperazine rings is 1. The SMILES string of the molecule is Cn1cnnc1Sc1ccc(CN2CCCC(N3CCN(c4ccccc4)CC3)C2)o1. The molecule has 0 aliphatic carbocycles. The van der Waals surface area contributed by atoms with Gasteiger partial charge in [-0.25, -0.2) is 0 Å². The highest BCUT2D eigenvalue weighted by atomic mass is 32.2. The Labute approximate surface area is 188 Å². The molecule has 8 heteroatoms. The minimum atomic E-state index is 0.647. The van der Waals surface area contributed by atoms with Crippen molar-refractivity contribution in [2.24, 2.45) is 7.05 Å². The van der Waals surface area contributed by atoms with E-state index in [0.717, 1.165) is 61.8 Å². The van der Waals surface area contributed by atoms with Crippen LogP contribution in [0, 0.1) is 0 Å². The molecule has 0 N–H and O–H groups in total. The second-order valence-corrected chi connectivity index (χ2v) is 9.41. The van der Waals surface area contributed by atoms with E-state index in [2.05, 4.69) is 61.3 Å². The van der Waals surface area contributed by atoms with Gasteiger partial charge >= 0.3 is 0 Å². The topological polar surface area (TPSA) is 53.6 Å². The predicted octanol–water partition coefficient (Wildman–Crippen LogP) is 3.35. The van der Waals surface area contributed by atoms with Gasteiger partial charge in [-0.3, -0.25) is 9.80 Å². The first-order valence-corrected chi connectivity index (χ1v) is 11.9. The van der Waals surface area contributed by atoms with Crippen LogP contribution in [0.4, 0.5) is 5.69 Å². The van der Waals surface area contributed by atoms with Gasteiger partial charge in [-0.15, -0.1) is 10.2 Å². The van der Waals surface area contributed by atoms with Crippen molar-refractivity contribution in [3.05, 3.63) is 54.6 Å². The average Bonchev–Trinajstić information content (AvgIpc) is 3.43. The molecule has 2 aromatic heterocycles. The maximum Gasteiger partial charge on any atom is 0.198 e. The molecule has 0 saturated carbocycles. The third-order valence-electron chi connectivity index (χ3n) is 6.31. The number of benzene rings is 1. The molecule has 1 aromatic carbocycles. The standard InChI is InChI=1S/C23H30N6OS/c1-26-18-24-25-23(26)31-22-10-9-21(30-22)17-27-11-5-8-20(16-27)29-14-12-28(13-15-29)19-6-3-2-4-7-19/h2-4,6-7,9-10,18,20H,5,8,11-17H2,1H3. The van der Waals surface area contributed by atoms with Gasteiger partial charge in [-0.1, -0.05) is 18.2 Å². The van der Waals surface area contributed by atoms with E-state index in [-0.39, 0.29) is 0 Å². The summed E-state index contributed by atoms with van der Waals surface area (Å²) in [6.07, 6.45) is 4.26. The Balaban J connectivity index is 1.13. The van der Waals surface area contributed by atoms with E-state index < -0.39 is 0 Å². The number of likely N-dealkylation sites (tertiary alicyclic amines) is 1. The lowest BCUT2D eigenvalue weighted by Gasteiger charge is -2.43. The lowest BCUT2D eigenvalue weighted by molar-refractivity contribution is 0.0842. The summed E-state index contributed by atoms with van der Waals surface area (Å²) in [6, 6.07) is 15.6. The quantitative estimate of drug-likeness (QED) is 0.585. The second kappa shape index (κ2) is 9.46. The molecule has 1 atom stereocenters. The largest absolute Gasteiger partial charge is 0.453 e. The Morgan fingerprint density at radius 2 is 1.87 bits per heavy atom. The Morgan fingerprint density at radius 3 is 2.65 bits per heavy atom. The molecule has 0 spiro atoms. The maximum absolute atomic E-state index is 6.08. The molecule has 2 aliphatic rings. The zero-order valence-electron chi connectivity index (χ0n) is 18.1. The molecule has 164 valence electrons. The summed E-state index contributed by atoms with van der Waals surface area (Å²) in [7, 11) is 1.94. The Bertz CT molecular complexity index is 965. The van der Waals surface area contributed by atoms with E-state index in [1.807, 2.05) is 17.7 Å². The smallest absolute Gasteiger partial charge is 0.198 e. The number of furan rings is 1. The normalized spacial score (nSPS) is 20.9. The molecule has 0 radical (unpaired) electrons. The highest BCUT2D eigenvalue weighted by Gasteiger charge is 2.28. The fraction of sp³-hybridized carbons (Fsp3) is 0.478. The molecule has 0 amide bonds. The molecule has 3 aromatic rings. The Hall–Kier alpha value is -2.29. The van der Waals surface area contributed by atoms with Crippen molar-refractivity contribution in [3.63, 3.8) is 0 Å². The molecule has 31 heavy (non-hydrogen) atoms. The van der Waals surface area contributed by atoms with Gasteiger partial charge in [0.15, 0.2) is 10.2 Å². The first-order valence-electron chi connectivity index (χ1n) is 11.1. The fourth-order valence-electron chi connectivity index (χ4n) is 4.63. The van der Waals surface area contributed by atoms with Gasteiger partial charge in [0, 0.05) is 51.5 Å². The minimum absolute atomic E-state index is 0.647. The zero-order chi connectivity index (χ0) is 21.0. The monoisotopic (exact) mass is 438 g/mol. The van der Waals surface area contributed by atoms with Crippen molar-refractivity contribution < 1.29 is 4.42 Å². The summed E-state index contributed by atoms with van der Waals surface area (Å²) in [5, 5.41) is 9.76. The number of para-hydroxylation sites is 1. The van der Waals surface area contributed by atoms with E-state index in [4.69, 9.17) is 4.42 Å². The van der Waals surface area contributed by atoms with Crippen LogP contribution in [0.25, 0.3) is 0 Å². The van der Waals surface area contributed by atoms with Gasteiger partial charge in [-0.05, 0) is 55.4 Å². The number of piperidine rings is 1. The fourth-order valence-corrected chi connectivity index (χ4v) is 5.37. The van der Waals surface area contributed by atoms with Gasteiger partial charge in [0.05, 0.1) is 6.54 Å². The summed E-state index contributed by atoms with van der Waals surface area (Å²) in [5.41, 5.74) is 1.35. The first-order chi connectivity index (χ1) is 15.2. The number of aryl methyl sites for hydroxylation is 1. The van der Waals surface area contributed by atoms with Crippen LogP contribution < -0.4 is 4.90 Å². The van der Waals surface area contributed by atoms with Crippen LogP contribution in [0.1, 0.15) is 18.6 Å². The number of hydrogen-bond donors (Lipinski definition) is 0. The Morgan fingerprint density at radius 1 is 1.03 bits per heavy atom. The van der Waals surface area contributed by atoms with Gasteiger partial charge in [0.2, 0.25) is 0 Å². The van der Waals surface area contributed by atoms with Crippen LogP contribution >= 0.6 is 11.8 Å². The van der Waals surface area contributed by atoms with Gasteiger partial charge in [0.1, 0.15) is 12.1 Å².